The van der Waals surface area contributed by atoms with Gasteiger partial charge in [0.25, 0.3) is 0 Å². The summed E-state index contributed by atoms with van der Waals surface area (Å²) in [5, 5.41) is 11.4. The van der Waals surface area contributed by atoms with Crippen LogP contribution >= 0.6 is 0 Å². The monoisotopic (exact) mass is 236 g/mol. The lowest BCUT2D eigenvalue weighted by atomic mass is 10.3. The Balaban J connectivity index is 3.19. The van der Waals surface area contributed by atoms with Gasteiger partial charge in [-0.3, -0.25) is 0 Å². The van der Waals surface area contributed by atoms with Gasteiger partial charge in [0.05, 0.1) is 19.9 Å². The van der Waals surface area contributed by atoms with E-state index in [4.69, 9.17) is 0 Å². The van der Waals surface area contributed by atoms with Crippen LogP contribution in [0.1, 0.15) is 0 Å². The van der Waals surface area contributed by atoms with Crippen molar-refractivity contribution in [3.63, 3.8) is 0 Å². The Hall–Kier alpha value is -2.37. The molecule has 90 valence electrons. The van der Waals surface area contributed by atoms with Gasteiger partial charge in [0.2, 0.25) is 5.71 Å². The second-order valence-corrected chi connectivity index (χ2v) is 2.91. The Morgan fingerprint density at radius 1 is 1.12 bits per heavy atom. The molecule has 0 aliphatic rings. The second kappa shape index (κ2) is 5.64. The summed E-state index contributed by atoms with van der Waals surface area (Å²) in [5.41, 5.74) is -0.600. The van der Waals surface area contributed by atoms with Crippen molar-refractivity contribution in [2.75, 3.05) is 14.2 Å². The molecule has 0 saturated carbocycles. The number of hydrogen-bond acceptors (Lipinski definition) is 6. The summed E-state index contributed by atoms with van der Waals surface area (Å²) in [4.78, 5) is 26.2. The Bertz CT molecular complexity index is 449. The molecule has 0 bridgehead atoms. The standard InChI is InChI=1S/C11H11NO5/c1-16-10(14)9(11(15)17-2)12-7-5-3-4-6-8(7)13/h3-6,13H,1-2H3/p-1. The summed E-state index contributed by atoms with van der Waals surface area (Å²) in [6.45, 7) is 0. The highest BCUT2D eigenvalue weighted by Crippen LogP contribution is 2.22. The van der Waals surface area contributed by atoms with E-state index in [0.717, 1.165) is 14.2 Å². The van der Waals surface area contributed by atoms with Crippen molar-refractivity contribution in [1.82, 2.24) is 0 Å². The SMILES string of the molecule is COC(=O)C(=Nc1ccccc1[O-])C(=O)OC. The smallest absolute Gasteiger partial charge is 0.364 e. The summed E-state index contributed by atoms with van der Waals surface area (Å²) in [7, 11) is 2.20. The van der Waals surface area contributed by atoms with Crippen molar-refractivity contribution >= 4 is 23.3 Å². The van der Waals surface area contributed by atoms with Crippen LogP contribution in [-0.2, 0) is 19.1 Å². The van der Waals surface area contributed by atoms with Crippen LogP contribution < -0.4 is 5.11 Å². The van der Waals surface area contributed by atoms with Crippen molar-refractivity contribution < 1.29 is 24.2 Å². The Kier molecular flexibility index (Phi) is 4.21. The molecule has 0 saturated heterocycles. The molecule has 0 unspecified atom stereocenters. The molecular weight excluding hydrogens is 226 g/mol. The van der Waals surface area contributed by atoms with Crippen molar-refractivity contribution in [2.24, 2.45) is 4.99 Å². The van der Waals surface area contributed by atoms with Crippen LogP contribution in [0.3, 0.4) is 0 Å². The van der Waals surface area contributed by atoms with E-state index in [1.165, 1.54) is 18.2 Å². The molecule has 1 rings (SSSR count). The summed E-state index contributed by atoms with van der Waals surface area (Å²) in [6, 6.07) is 5.74. The van der Waals surface area contributed by atoms with Gasteiger partial charge in [-0.1, -0.05) is 23.9 Å². The first-order chi connectivity index (χ1) is 8.10. The minimum Gasteiger partial charge on any atom is -0.871 e. The number of ether oxygens (including phenoxy) is 2. The predicted molar refractivity (Wildman–Crippen MR) is 57.0 cm³/mol. The van der Waals surface area contributed by atoms with E-state index in [1.807, 2.05) is 0 Å². The normalized spacial score (nSPS) is 9.29. The van der Waals surface area contributed by atoms with Gasteiger partial charge in [0, 0.05) is 0 Å². The second-order valence-electron chi connectivity index (χ2n) is 2.91. The number of methoxy groups -OCH3 is 2. The Labute approximate surface area is 97.5 Å². The Morgan fingerprint density at radius 3 is 2.12 bits per heavy atom. The molecule has 0 radical (unpaired) electrons. The number of rotatable bonds is 3. The lowest BCUT2D eigenvalue weighted by Crippen LogP contribution is -2.26. The van der Waals surface area contributed by atoms with E-state index in [9.17, 15) is 14.7 Å². The van der Waals surface area contributed by atoms with Gasteiger partial charge < -0.3 is 14.6 Å². The number of nitrogens with zero attached hydrogens (tertiary/aromatic N) is 1. The van der Waals surface area contributed by atoms with Crippen LogP contribution in [0.2, 0.25) is 0 Å². The maximum Gasteiger partial charge on any atom is 0.364 e. The zero-order valence-electron chi connectivity index (χ0n) is 9.30. The molecule has 0 aliphatic carbocycles. The lowest BCUT2D eigenvalue weighted by molar-refractivity contribution is -0.267. The quantitative estimate of drug-likeness (QED) is 0.424. The summed E-state index contributed by atoms with van der Waals surface area (Å²) >= 11 is 0. The maximum absolute atomic E-state index is 11.4. The molecule has 0 heterocycles. The van der Waals surface area contributed by atoms with Crippen LogP contribution in [-0.4, -0.2) is 31.9 Å². The van der Waals surface area contributed by atoms with E-state index < -0.39 is 23.4 Å². The molecule has 0 aromatic heterocycles. The van der Waals surface area contributed by atoms with Gasteiger partial charge in [-0.05, 0) is 6.07 Å². The fraction of sp³-hybridized carbons (Fsp3) is 0.182. The number of carbonyl (C=O) groups is 2. The fourth-order valence-corrected chi connectivity index (χ4v) is 1.04. The average Bonchev–Trinajstić information content (AvgIpc) is 2.36. The van der Waals surface area contributed by atoms with Crippen molar-refractivity contribution in [3.8, 4) is 5.75 Å². The highest BCUT2D eigenvalue weighted by Gasteiger charge is 2.22. The first kappa shape index (κ1) is 12.7. The van der Waals surface area contributed by atoms with Gasteiger partial charge in [0.15, 0.2) is 0 Å². The fourth-order valence-electron chi connectivity index (χ4n) is 1.04. The third kappa shape index (κ3) is 3.04. The minimum absolute atomic E-state index is 0.0294. The molecule has 0 aliphatic heterocycles. The van der Waals surface area contributed by atoms with Crippen molar-refractivity contribution in [3.05, 3.63) is 24.3 Å². The molecule has 1 aromatic rings. The summed E-state index contributed by atoms with van der Waals surface area (Å²) in [5.74, 6) is -2.32. The van der Waals surface area contributed by atoms with E-state index in [-0.39, 0.29) is 5.69 Å². The van der Waals surface area contributed by atoms with Crippen LogP contribution in [0, 0.1) is 0 Å². The zero-order valence-corrected chi connectivity index (χ0v) is 9.30. The average molecular weight is 236 g/mol. The Morgan fingerprint density at radius 2 is 1.65 bits per heavy atom. The van der Waals surface area contributed by atoms with Crippen molar-refractivity contribution in [1.29, 1.82) is 0 Å². The summed E-state index contributed by atoms with van der Waals surface area (Å²) in [6.07, 6.45) is 0. The number of esters is 2. The first-order valence-corrected chi connectivity index (χ1v) is 4.61. The zero-order chi connectivity index (χ0) is 12.8. The first-order valence-electron chi connectivity index (χ1n) is 4.61. The number of para-hydroxylation sites is 2. The third-order valence-electron chi connectivity index (χ3n) is 1.86. The molecule has 0 atom stereocenters. The highest BCUT2D eigenvalue weighted by atomic mass is 16.5. The van der Waals surface area contributed by atoms with E-state index in [1.54, 1.807) is 6.07 Å². The molecule has 0 spiro atoms. The molecule has 0 N–H and O–H groups in total. The van der Waals surface area contributed by atoms with Gasteiger partial charge in [-0.2, -0.15) is 0 Å². The summed E-state index contributed by atoms with van der Waals surface area (Å²) < 4.78 is 8.75. The van der Waals surface area contributed by atoms with Gasteiger partial charge in [-0.25, -0.2) is 14.6 Å². The van der Waals surface area contributed by atoms with Crippen LogP contribution in [0.15, 0.2) is 29.3 Å². The lowest BCUT2D eigenvalue weighted by Gasteiger charge is -2.09. The third-order valence-corrected chi connectivity index (χ3v) is 1.86. The molecule has 0 amide bonds. The topological polar surface area (TPSA) is 88.0 Å². The van der Waals surface area contributed by atoms with E-state index in [2.05, 4.69) is 14.5 Å². The molecule has 1 aromatic carbocycles. The van der Waals surface area contributed by atoms with Crippen LogP contribution in [0.25, 0.3) is 0 Å². The van der Waals surface area contributed by atoms with Gasteiger partial charge >= 0.3 is 11.9 Å². The number of benzene rings is 1. The predicted octanol–water partition coefficient (Wildman–Crippen LogP) is 0.179. The largest absolute Gasteiger partial charge is 0.871 e. The molecule has 17 heavy (non-hydrogen) atoms. The molecule has 0 fully saturated rings. The van der Waals surface area contributed by atoms with Gasteiger partial charge in [-0.15, -0.1) is 0 Å². The van der Waals surface area contributed by atoms with Gasteiger partial charge in [0.1, 0.15) is 0 Å². The van der Waals surface area contributed by atoms with Crippen LogP contribution in [0.5, 0.6) is 5.75 Å². The minimum atomic E-state index is -0.958. The molecule has 6 heteroatoms. The maximum atomic E-state index is 11.4. The number of hydrogen-bond donors (Lipinski definition) is 0. The molecular formula is C11H10NO5-. The van der Waals surface area contributed by atoms with E-state index in [0.29, 0.717) is 0 Å². The number of carbonyl (C=O) groups excluding carboxylic acids is 2. The van der Waals surface area contributed by atoms with Crippen molar-refractivity contribution in [2.45, 2.75) is 0 Å². The number of aliphatic imine (C=N–C) groups is 1. The highest BCUT2D eigenvalue weighted by molar-refractivity contribution is 6.62. The molecule has 6 nitrogen and oxygen atoms in total. The van der Waals surface area contributed by atoms with Crippen LogP contribution in [0.4, 0.5) is 5.69 Å². The van der Waals surface area contributed by atoms with E-state index >= 15 is 0 Å².